The van der Waals surface area contributed by atoms with Crippen molar-refractivity contribution in [2.45, 2.75) is 34.6 Å². The fourth-order valence-corrected chi connectivity index (χ4v) is 2.67. The molecule has 0 aliphatic heterocycles. The Morgan fingerprint density at radius 3 is 0.781 bits per heavy atom. The monoisotopic (exact) mass is 594 g/mol. The average Bonchev–Trinajstić information content (AvgIpc) is 2.94. The molecule has 4 rings (SSSR count). The minimum Gasteiger partial charge on any atom is -0.872 e. The van der Waals surface area contributed by atoms with Crippen molar-refractivity contribution in [1.29, 1.82) is 0 Å². The van der Waals surface area contributed by atoms with Crippen molar-refractivity contribution in [1.82, 2.24) is 0 Å². The van der Waals surface area contributed by atoms with Gasteiger partial charge in [-0.15, -0.1) is 17.2 Å². The molecular formula is C28H30HfO3. The number of para-hydroxylation sites is 3. The molecule has 4 aromatic rings. The van der Waals surface area contributed by atoms with Gasteiger partial charge in [0.15, 0.2) is 0 Å². The van der Waals surface area contributed by atoms with E-state index in [1.54, 1.807) is 36.4 Å². The summed E-state index contributed by atoms with van der Waals surface area (Å²) in [5.41, 5.74) is 7.34. The zero-order valence-corrected chi connectivity index (χ0v) is 23.0. The van der Waals surface area contributed by atoms with Crippen LogP contribution in [-0.4, -0.2) is 0 Å². The van der Waals surface area contributed by atoms with Crippen LogP contribution in [-0.2, 0) is 25.8 Å². The third-order valence-corrected chi connectivity index (χ3v) is 5.04. The van der Waals surface area contributed by atoms with E-state index in [4.69, 9.17) is 0 Å². The normalized spacial score (nSPS) is 8.91. The molecular weight excluding hydrogens is 563 g/mol. The molecule has 0 bridgehead atoms. The van der Waals surface area contributed by atoms with Crippen molar-refractivity contribution < 1.29 is 41.2 Å². The average molecular weight is 593 g/mol. The minimum atomic E-state index is 0. The Hall–Kier alpha value is -2.72. The molecule has 4 aromatic carbocycles. The van der Waals surface area contributed by atoms with Crippen molar-refractivity contribution >= 4 is 0 Å². The number of rotatable bonds is 0. The first kappa shape index (κ1) is 29.3. The van der Waals surface area contributed by atoms with E-state index < -0.39 is 0 Å². The fourth-order valence-electron chi connectivity index (χ4n) is 2.67. The molecule has 0 spiro atoms. The molecule has 0 atom stereocenters. The van der Waals surface area contributed by atoms with Crippen molar-refractivity contribution in [3.05, 3.63) is 119 Å². The summed E-state index contributed by atoms with van der Waals surface area (Å²) in [6.45, 7) is 11.0. The zero-order chi connectivity index (χ0) is 23.2. The summed E-state index contributed by atoms with van der Waals surface area (Å²) in [6.07, 6.45) is 0. The molecule has 0 unspecified atom stereocenters. The van der Waals surface area contributed by atoms with Crippen LogP contribution in [0.25, 0.3) is 0 Å². The molecule has 0 N–H and O–H groups in total. The van der Waals surface area contributed by atoms with Crippen LogP contribution < -0.4 is 15.3 Å². The second kappa shape index (κ2) is 16.0. The third-order valence-electron chi connectivity index (χ3n) is 5.04. The van der Waals surface area contributed by atoms with E-state index in [1.807, 2.05) is 18.2 Å². The van der Waals surface area contributed by atoms with Gasteiger partial charge < -0.3 is 15.3 Å². The van der Waals surface area contributed by atoms with Gasteiger partial charge in [-0.3, -0.25) is 0 Å². The van der Waals surface area contributed by atoms with E-state index in [-0.39, 0.29) is 43.1 Å². The third kappa shape index (κ3) is 11.1. The number of hydrogen-bond acceptors (Lipinski definition) is 3. The maximum absolute atomic E-state index is 10.3. The van der Waals surface area contributed by atoms with Crippen LogP contribution in [0.5, 0.6) is 17.2 Å². The topological polar surface area (TPSA) is 69.2 Å². The first-order chi connectivity index (χ1) is 14.7. The standard InChI is InChI=1S/C10H15.3C6H6O.Hf/c1-6-7(2)9(4)10(5)8(6)3;3*7-6-4-2-1-3-5-6;/h1-5H3;3*1-5,7H;/q-1;;;;+4/p-3. The molecule has 0 saturated carbocycles. The van der Waals surface area contributed by atoms with Gasteiger partial charge in [-0.2, -0.15) is 27.8 Å². The second-order valence-electron chi connectivity index (χ2n) is 7.06. The Labute approximate surface area is 211 Å². The maximum Gasteiger partial charge on any atom is 4.00 e. The summed E-state index contributed by atoms with van der Waals surface area (Å²) >= 11 is 0. The van der Waals surface area contributed by atoms with Crippen LogP contribution in [0.4, 0.5) is 0 Å². The van der Waals surface area contributed by atoms with Crippen LogP contribution in [0, 0.1) is 34.6 Å². The van der Waals surface area contributed by atoms with E-state index in [0.29, 0.717) is 0 Å². The van der Waals surface area contributed by atoms with Crippen molar-refractivity contribution in [3.8, 4) is 17.2 Å². The van der Waals surface area contributed by atoms with Crippen LogP contribution in [0.2, 0.25) is 0 Å². The Balaban J connectivity index is 0.000000401. The van der Waals surface area contributed by atoms with E-state index in [2.05, 4.69) is 34.6 Å². The molecule has 32 heavy (non-hydrogen) atoms. The molecule has 164 valence electrons. The molecule has 0 amide bonds. The van der Waals surface area contributed by atoms with Gasteiger partial charge in [0.05, 0.1) is 0 Å². The van der Waals surface area contributed by atoms with Crippen LogP contribution >= 0.6 is 0 Å². The first-order valence-corrected chi connectivity index (χ1v) is 10.1. The van der Waals surface area contributed by atoms with Gasteiger partial charge in [0.2, 0.25) is 0 Å². The van der Waals surface area contributed by atoms with E-state index >= 15 is 0 Å². The molecule has 0 radical (unpaired) electrons. The van der Waals surface area contributed by atoms with Gasteiger partial charge in [0.1, 0.15) is 0 Å². The van der Waals surface area contributed by atoms with Crippen molar-refractivity contribution in [2.75, 3.05) is 0 Å². The van der Waals surface area contributed by atoms with Crippen LogP contribution in [0.15, 0.2) is 91.0 Å². The zero-order valence-electron chi connectivity index (χ0n) is 19.4. The SMILES string of the molecule is Cc1c(C)c(C)[c-](C)c1C.[Hf+4].[O-]c1ccccc1.[O-]c1ccccc1.[O-]c1ccccc1. The number of hydrogen-bond donors (Lipinski definition) is 0. The summed E-state index contributed by atoms with van der Waals surface area (Å²) in [5, 5.41) is 30.8. The summed E-state index contributed by atoms with van der Waals surface area (Å²) in [6, 6.07) is 25.0. The molecule has 0 fully saturated rings. The van der Waals surface area contributed by atoms with Gasteiger partial charge in [0.25, 0.3) is 0 Å². The van der Waals surface area contributed by atoms with Gasteiger partial charge >= 0.3 is 25.8 Å². The van der Waals surface area contributed by atoms with E-state index in [9.17, 15) is 15.3 Å². The van der Waals surface area contributed by atoms with Crippen molar-refractivity contribution in [3.63, 3.8) is 0 Å². The predicted octanol–water partition coefficient (Wildman–Crippen LogP) is 5.23. The van der Waals surface area contributed by atoms with Crippen LogP contribution in [0.1, 0.15) is 27.8 Å². The summed E-state index contributed by atoms with van der Waals surface area (Å²) in [4.78, 5) is 0. The molecule has 0 saturated heterocycles. The quantitative estimate of drug-likeness (QED) is 0.208. The Morgan fingerprint density at radius 1 is 0.469 bits per heavy atom. The van der Waals surface area contributed by atoms with Gasteiger partial charge in [0, 0.05) is 0 Å². The first-order valence-electron chi connectivity index (χ1n) is 10.1. The van der Waals surface area contributed by atoms with Gasteiger partial charge in [-0.25, -0.2) is 0 Å². The predicted molar refractivity (Wildman–Crippen MR) is 123 cm³/mol. The fraction of sp³-hybridized carbons (Fsp3) is 0.179. The minimum absolute atomic E-state index is 0. The maximum atomic E-state index is 10.3. The Morgan fingerprint density at radius 2 is 0.688 bits per heavy atom. The van der Waals surface area contributed by atoms with Gasteiger partial charge in [-0.1, -0.05) is 126 Å². The largest absolute Gasteiger partial charge is 4.00 e. The molecule has 0 aliphatic carbocycles. The number of benzene rings is 3. The van der Waals surface area contributed by atoms with Crippen LogP contribution in [0.3, 0.4) is 0 Å². The second-order valence-corrected chi connectivity index (χ2v) is 7.06. The van der Waals surface area contributed by atoms with E-state index in [1.165, 1.54) is 64.2 Å². The molecule has 3 nitrogen and oxygen atoms in total. The van der Waals surface area contributed by atoms with E-state index in [0.717, 1.165) is 0 Å². The van der Waals surface area contributed by atoms with Gasteiger partial charge in [-0.05, 0) is 0 Å². The summed E-state index contributed by atoms with van der Waals surface area (Å²) in [5.74, 6) is 0.215. The molecule has 0 aromatic heterocycles. The molecule has 0 aliphatic rings. The smallest absolute Gasteiger partial charge is 0.872 e. The summed E-state index contributed by atoms with van der Waals surface area (Å²) in [7, 11) is 0. The molecule has 4 heteroatoms. The van der Waals surface area contributed by atoms with Crippen molar-refractivity contribution in [2.24, 2.45) is 0 Å². The summed E-state index contributed by atoms with van der Waals surface area (Å²) < 4.78 is 0. The molecule has 0 heterocycles. The Kier molecular flexibility index (Phi) is 14.6. The Bertz CT molecular complexity index is 826.